The average Bonchev–Trinajstić information content (AvgIpc) is 3.37. The van der Waals surface area contributed by atoms with Gasteiger partial charge in [0.05, 0.1) is 23.5 Å². The molecule has 0 radical (unpaired) electrons. The number of esters is 1. The molecule has 4 aliphatic heterocycles. The Hall–Kier alpha value is -1.89. The molecule has 0 bridgehead atoms. The smallest absolute Gasteiger partial charge is 0.319 e. The minimum atomic E-state index is -1.33. The van der Waals surface area contributed by atoms with E-state index >= 15 is 0 Å². The minimum Gasteiger partial charge on any atom is -0.463 e. The van der Waals surface area contributed by atoms with Gasteiger partial charge in [-0.25, -0.2) is 0 Å². The van der Waals surface area contributed by atoms with E-state index in [0.717, 1.165) is 51.1 Å². The van der Waals surface area contributed by atoms with Crippen LogP contribution in [0, 0.1) is 29.1 Å². The van der Waals surface area contributed by atoms with Crippen LogP contribution in [0.2, 0.25) is 0 Å². The second-order valence-electron chi connectivity index (χ2n) is 15.4. The number of hydrogen-bond acceptors (Lipinski definition) is 10. The number of methoxy groups -OCH3 is 1. The number of nitrogens with zero attached hydrogens (tertiary/aromatic N) is 5. The number of carbonyl (C=O) groups is 2. The molecular formula is C34H57N5O6. The standard InChI is InChI=1S/C34H57N5O6/c1-21-14-34(42-10)15-26-27(36(6)7)13-22(2)44-31(26)45-30(34)23(3)29(40)33(4,5)32(41)43-20-28(37(8)16-21)24-17-39(18-24)19-25-11-12-38(9)35-25/h11-12,21-24,26-28,30-31H,13-20H2,1-10H3/t21-,22-,23+,26-,27+,28?,30-,31+,34+/m1/s1. The summed E-state index contributed by atoms with van der Waals surface area (Å²) in [7, 11) is 10.1. The van der Waals surface area contributed by atoms with E-state index in [-0.39, 0.29) is 42.4 Å². The first kappa shape index (κ1) is 34.4. The van der Waals surface area contributed by atoms with E-state index in [1.54, 1.807) is 21.0 Å². The Morgan fingerprint density at radius 3 is 2.40 bits per heavy atom. The number of Topliss-reactive ketones (excluding diaryl/α,β-unsaturated/α-hetero) is 1. The van der Waals surface area contributed by atoms with Gasteiger partial charge in [-0.15, -0.1) is 0 Å². The van der Waals surface area contributed by atoms with Crippen molar-refractivity contribution in [1.29, 1.82) is 0 Å². The number of aromatic nitrogens is 2. The molecule has 0 amide bonds. The molecule has 1 unspecified atom stereocenters. The molecule has 0 spiro atoms. The SMILES string of the molecule is CO[C@]12C[C@@H](C)CN(C)C(C3CN(Cc4ccn(C)n4)C3)COC(=O)C(C)(C)C(=O)[C@H](C)[C@H]1O[C@@H]1O[C@H](C)C[C@H](N(C)C)[C@H]1C2. The Morgan fingerprint density at radius 2 is 1.78 bits per heavy atom. The zero-order chi connectivity index (χ0) is 32.8. The average molecular weight is 632 g/mol. The van der Waals surface area contributed by atoms with Crippen molar-refractivity contribution >= 4 is 11.8 Å². The van der Waals surface area contributed by atoms with Gasteiger partial charge in [0.15, 0.2) is 12.1 Å². The number of ether oxygens (including phenoxy) is 4. The molecule has 0 saturated carbocycles. The van der Waals surface area contributed by atoms with Crippen LogP contribution in [-0.4, -0.2) is 127 Å². The maximum atomic E-state index is 14.2. The number of cyclic esters (lactones) is 1. The van der Waals surface area contributed by atoms with Crippen molar-refractivity contribution in [2.45, 2.75) is 96.6 Å². The van der Waals surface area contributed by atoms with Crippen molar-refractivity contribution in [1.82, 2.24) is 24.5 Å². The summed E-state index contributed by atoms with van der Waals surface area (Å²) in [5.41, 5.74) is -0.993. The third-order valence-corrected chi connectivity index (χ3v) is 11.2. The van der Waals surface area contributed by atoms with E-state index in [1.165, 1.54) is 0 Å². The topological polar surface area (TPSA) is 98.6 Å². The predicted molar refractivity (Wildman–Crippen MR) is 170 cm³/mol. The molecule has 5 heterocycles. The Labute approximate surface area is 269 Å². The van der Waals surface area contributed by atoms with Gasteiger partial charge in [-0.05, 0) is 73.2 Å². The molecule has 45 heavy (non-hydrogen) atoms. The lowest BCUT2D eigenvalue weighted by molar-refractivity contribution is -0.325. The molecule has 9 atom stereocenters. The fraction of sp³-hybridized carbons (Fsp3) is 0.853. The lowest BCUT2D eigenvalue weighted by atomic mass is 9.67. The van der Waals surface area contributed by atoms with Gasteiger partial charge in [-0.1, -0.05) is 13.8 Å². The van der Waals surface area contributed by atoms with Crippen molar-refractivity contribution < 1.29 is 28.5 Å². The van der Waals surface area contributed by atoms with Gasteiger partial charge < -0.3 is 23.8 Å². The third-order valence-electron chi connectivity index (χ3n) is 11.2. The lowest BCUT2D eigenvalue weighted by Gasteiger charge is -2.56. The Morgan fingerprint density at radius 1 is 1.07 bits per heavy atom. The monoisotopic (exact) mass is 631 g/mol. The van der Waals surface area contributed by atoms with Crippen LogP contribution in [0.15, 0.2) is 12.3 Å². The van der Waals surface area contributed by atoms with Crippen LogP contribution in [0.4, 0.5) is 0 Å². The summed E-state index contributed by atoms with van der Waals surface area (Å²) in [6.45, 7) is 13.3. The maximum Gasteiger partial charge on any atom is 0.319 e. The van der Waals surface area contributed by atoms with Crippen molar-refractivity contribution in [2.75, 3.05) is 54.5 Å². The number of aryl methyl sites for hydroxylation is 1. The van der Waals surface area contributed by atoms with E-state index in [4.69, 9.17) is 18.9 Å². The Kier molecular flexibility index (Phi) is 10.2. The van der Waals surface area contributed by atoms with Gasteiger partial charge >= 0.3 is 5.97 Å². The van der Waals surface area contributed by atoms with Crippen LogP contribution >= 0.6 is 0 Å². The van der Waals surface area contributed by atoms with Crippen LogP contribution in [0.25, 0.3) is 0 Å². The molecule has 1 aromatic heterocycles. The molecule has 0 N–H and O–H groups in total. The summed E-state index contributed by atoms with van der Waals surface area (Å²) in [6, 6.07) is 2.36. The van der Waals surface area contributed by atoms with Crippen molar-refractivity contribution in [3.8, 4) is 0 Å². The summed E-state index contributed by atoms with van der Waals surface area (Å²) in [5.74, 6) is -0.597. The third kappa shape index (κ3) is 6.90. The molecule has 5 rings (SSSR count). The highest BCUT2D eigenvalue weighted by Crippen LogP contribution is 2.48. The number of likely N-dealkylation sites (N-methyl/N-ethyl adjacent to an activating group) is 1. The molecule has 0 aromatic carbocycles. The quantitative estimate of drug-likeness (QED) is 0.357. The number of rotatable bonds is 5. The highest BCUT2D eigenvalue weighted by atomic mass is 16.7. The maximum absolute atomic E-state index is 14.2. The molecule has 0 aliphatic carbocycles. The first-order valence-electron chi connectivity index (χ1n) is 16.8. The van der Waals surface area contributed by atoms with Gasteiger partial charge in [0, 0.05) is 76.4 Å². The first-order valence-corrected chi connectivity index (χ1v) is 16.8. The summed E-state index contributed by atoms with van der Waals surface area (Å²) in [6.07, 6.45) is 3.37. The molecule has 4 fully saturated rings. The van der Waals surface area contributed by atoms with Gasteiger partial charge in [0.2, 0.25) is 0 Å². The van der Waals surface area contributed by atoms with Crippen molar-refractivity contribution in [3.63, 3.8) is 0 Å². The summed E-state index contributed by atoms with van der Waals surface area (Å²) >= 11 is 0. The molecule has 1 aromatic rings. The van der Waals surface area contributed by atoms with Gasteiger partial charge in [-0.2, -0.15) is 5.10 Å². The van der Waals surface area contributed by atoms with Crippen LogP contribution in [0.5, 0.6) is 0 Å². The van der Waals surface area contributed by atoms with Crippen LogP contribution in [0.3, 0.4) is 0 Å². The van der Waals surface area contributed by atoms with Gasteiger partial charge in [0.1, 0.15) is 12.0 Å². The Balaban J connectivity index is 1.41. The highest BCUT2D eigenvalue weighted by molar-refractivity contribution is 6.04. The molecule has 11 heteroatoms. The van der Waals surface area contributed by atoms with Crippen LogP contribution in [0.1, 0.15) is 59.6 Å². The summed E-state index contributed by atoms with van der Waals surface area (Å²) < 4.78 is 27.6. The normalized spacial score (nSPS) is 39.2. The zero-order valence-corrected chi connectivity index (χ0v) is 29.2. The minimum absolute atomic E-state index is 0.0353. The second kappa shape index (κ2) is 13.3. The number of hydrogen-bond donors (Lipinski definition) is 0. The van der Waals surface area contributed by atoms with Crippen LogP contribution in [-0.2, 0) is 42.1 Å². The summed E-state index contributed by atoms with van der Waals surface area (Å²) in [4.78, 5) is 34.9. The van der Waals surface area contributed by atoms with Gasteiger partial charge in [0.25, 0.3) is 0 Å². The molecule has 4 aliphatic rings. The predicted octanol–water partition coefficient (Wildman–Crippen LogP) is 2.82. The van der Waals surface area contributed by atoms with E-state index in [1.807, 2.05) is 24.9 Å². The van der Waals surface area contributed by atoms with E-state index in [9.17, 15) is 9.59 Å². The molecule has 4 saturated heterocycles. The van der Waals surface area contributed by atoms with E-state index in [0.29, 0.717) is 5.92 Å². The molecular weight excluding hydrogens is 574 g/mol. The number of likely N-dealkylation sites (tertiary alicyclic amines) is 1. The van der Waals surface area contributed by atoms with Crippen LogP contribution < -0.4 is 0 Å². The van der Waals surface area contributed by atoms with E-state index in [2.05, 4.69) is 60.9 Å². The zero-order valence-electron chi connectivity index (χ0n) is 29.2. The lowest BCUT2D eigenvalue weighted by Crippen LogP contribution is -2.65. The second-order valence-corrected chi connectivity index (χ2v) is 15.4. The Bertz CT molecular complexity index is 1200. The van der Waals surface area contributed by atoms with Gasteiger partial charge in [-0.3, -0.25) is 24.1 Å². The van der Waals surface area contributed by atoms with Crippen molar-refractivity contribution in [3.05, 3.63) is 18.0 Å². The first-order chi connectivity index (χ1) is 21.1. The molecule has 11 nitrogen and oxygen atoms in total. The largest absolute Gasteiger partial charge is 0.463 e. The summed E-state index contributed by atoms with van der Waals surface area (Å²) in [5, 5.41) is 4.53. The molecule has 254 valence electrons. The fourth-order valence-electron chi connectivity index (χ4n) is 8.69. The van der Waals surface area contributed by atoms with Crippen molar-refractivity contribution in [2.24, 2.45) is 36.1 Å². The number of carbonyl (C=O) groups excluding carboxylic acids is 2. The number of fused-ring (bicyclic) bond motifs is 2. The number of ketones is 1. The van der Waals surface area contributed by atoms with E-state index < -0.39 is 35.3 Å². The highest BCUT2D eigenvalue weighted by Gasteiger charge is 2.58. The fourth-order valence-corrected chi connectivity index (χ4v) is 8.69.